The summed E-state index contributed by atoms with van der Waals surface area (Å²) >= 11 is 0. The Morgan fingerprint density at radius 3 is 2.77 bits per heavy atom. The molecule has 3 heterocycles. The summed E-state index contributed by atoms with van der Waals surface area (Å²) in [5.74, 6) is 0.748. The predicted molar refractivity (Wildman–Crippen MR) is 134 cm³/mol. The number of rotatable bonds is 10. The number of nitrogens with one attached hydrogen (secondary N) is 1. The zero-order valence-corrected chi connectivity index (χ0v) is 20.0. The fourth-order valence-corrected chi connectivity index (χ4v) is 5.10. The van der Waals surface area contributed by atoms with Crippen LogP contribution in [0.2, 0.25) is 0 Å². The number of unbranched alkanes of at least 4 members (excludes halogenated alkanes) is 3. The van der Waals surface area contributed by atoms with Gasteiger partial charge in [0.1, 0.15) is 11.9 Å². The normalized spacial score (nSPS) is 16.3. The lowest BCUT2D eigenvalue weighted by Gasteiger charge is -2.21. The average molecular weight is 474 g/mol. The highest BCUT2D eigenvalue weighted by Crippen LogP contribution is 2.32. The first-order chi connectivity index (χ1) is 17.2. The molecule has 35 heavy (non-hydrogen) atoms. The summed E-state index contributed by atoms with van der Waals surface area (Å²) in [4.78, 5) is 18.8. The standard InChI is InChI=1S/C26H31N7O2/c1-2-3-4-7-15-33-22-13-12-18(19-9-5-6-10-20(19)25-28-30-31-29-25)16-21(22)27-24(33)17-32-14-8-11-23(32)26(34)35/h5-6,9-10,12-13,16,23H,2-4,7-8,11,14-15,17H2,1H3,(H,34,35)(H,28,29,30,31)/t23-/m0/s1. The van der Waals surface area contributed by atoms with Crippen LogP contribution in [0.1, 0.15) is 51.3 Å². The van der Waals surface area contributed by atoms with Gasteiger partial charge in [-0.1, -0.05) is 56.5 Å². The van der Waals surface area contributed by atoms with E-state index in [4.69, 9.17) is 4.98 Å². The molecule has 2 aromatic carbocycles. The van der Waals surface area contributed by atoms with Crippen molar-refractivity contribution in [3.8, 4) is 22.5 Å². The topological polar surface area (TPSA) is 113 Å². The van der Waals surface area contributed by atoms with Crippen molar-refractivity contribution >= 4 is 17.0 Å². The van der Waals surface area contributed by atoms with Crippen LogP contribution in [0.15, 0.2) is 42.5 Å². The molecule has 1 aliphatic rings. The van der Waals surface area contributed by atoms with Gasteiger partial charge in [0.05, 0.1) is 17.6 Å². The molecule has 0 unspecified atom stereocenters. The molecule has 5 rings (SSSR count). The highest BCUT2D eigenvalue weighted by Gasteiger charge is 2.31. The fraction of sp³-hybridized carbons (Fsp3) is 0.423. The van der Waals surface area contributed by atoms with Crippen LogP contribution in [0.3, 0.4) is 0 Å². The van der Waals surface area contributed by atoms with Gasteiger partial charge in [0.25, 0.3) is 0 Å². The molecule has 0 bridgehead atoms. The number of imidazole rings is 1. The number of benzene rings is 2. The van der Waals surface area contributed by atoms with E-state index in [-0.39, 0.29) is 0 Å². The van der Waals surface area contributed by atoms with Crippen molar-refractivity contribution < 1.29 is 9.90 Å². The molecule has 2 aromatic heterocycles. The van der Waals surface area contributed by atoms with Crippen LogP contribution in [0, 0.1) is 0 Å². The number of hydrogen-bond acceptors (Lipinski definition) is 6. The SMILES string of the molecule is CCCCCCn1c(CN2CCC[C@H]2C(=O)O)nc2cc(-c3ccccc3-c3nn[nH]n3)ccc21. The molecule has 182 valence electrons. The van der Waals surface area contributed by atoms with Crippen molar-refractivity contribution in [2.24, 2.45) is 0 Å². The first-order valence-electron chi connectivity index (χ1n) is 12.4. The van der Waals surface area contributed by atoms with Crippen molar-refractivity contribution in [1.82, 2.24) is 35.1 Å². The van der Waals surface area contributed by atoms with E-state index >= 15 is 0 Å². The first kappa shape index (κ1) is 23.2. The fourth-order valence-electron chi connectivity index (χ4n) is 5.10. The van der Waals surface area contributed by atoms with E-state index in [1.165, 1.54) is 19.3 Å². The molecule has 9 nitrogen and oxygen atoms in total. The number of likely N-dealkylation sites (tertiary alicyclic amines) is 1. The number of carbonyl (C=O) groups is 1. The van der Waals surface area contributed by atoms with Gasteiger partial charge < -0.3 is 9.67 Å². The van der Waals surface area contributed by atoms with Gasteiger partial charge in [-0.15, -0.1) is 10.2 Å². The molecule has 0 radical (unpaired) electrons. The minimum atomic E-state index is -0.742. The van der Waals surface area contributed by atoms with E-state index in [2.05, 4.69) is 61.3 Å². The lowest BCUT2D eigenvalue weighted by molar-refractivity contribution is -0.142. The quantitative estimate of drug-likeness (QED) is 0.326. The molecule has 1 aliphatic heterocycles. The summed E-state index contributed by atoms with van der Waals surface area (Å²) in [6.07, 6.45) is 6.26. The number of hydrogen-bond donors (Lipinski definition) is 2. The Kier molecular flexibility index (Phi) is 6.85. The van der Waals surface area contributed by atoms with E-state index in [1.807, 2.05) is 18.2 Å². The van der Waals surface area contributed by atoms with E-state index in [9.17, 15) is 9.90 Å². The molecule has 9 heteroatoms. The third kappa shape index (κ3) is 4.81. The molecule has 0 amide bonds. The Bertz CT molecular complexity index is 1300. The number of aromatic nitrogens is 6. The second kappa shape index (κ2) is 10.4. The van der Waals surface area contributed by atoms with Crippen LogP contribution in [0.4, 0.5) is 0 Å². The smallest absolute Gasteiger partial charge is 0.320 e. The number of aromatic amines is 1. The van der Waals surface area contributed by atoms with Crippen LogP contribution in [0.25, 0.3) is 33.5 Å². The van der Waals surface area contributed by atoms with Crippen LogP contribution in [-0.4, -0.2) is 58.7 Å². The third-order valence-electron chi connectivity index (χ3n) is 6.88. The molecule has 1 atom stereocenters. The van der Waals surface area contributed by atoms with Crippen LogP contribution in [0.5, 0.6) is 0 Å². The number of H-pyrrole nitrogens is 1. The molecular weight excluding hydrogens is 442 g/mol. The molecule has 1 fully saturated rings. The summed E-state index contributed by atoms with van der Waals surface area (Å²) in [6, 6.07) is 13.9. The van der Waals surface area contributed by atoms with Crippen molar-refractivity contribution in [3.63, 3.8) is 0 Å². The summed E-state index contributed by atoms with van der Waals surface area (Å²) in [7, 11) is 0. The lowest BCUT2D eigenvalue weighted by Crippen LogP contribution is -2.36. The number of nitrogens with zero attached hydrogens (tertiary/aromatic N) is 6. The zero-order chi connectivity index (χ0) is 24.2. The lowest BCUT2D eigenvalue weighted by atomic mass is 9.99. The minimum absolute atomic E-state index is 0.430. The Hall–Kier alpha value is -3.59. The molecule has 4 aromatic rings. The van der Waals surface area contributed by atoms with Gasteiger partial charge in [-0.25, -0.2) is 4.98 Å². The van der Waals surface area contributed by atoms with Gasteiger partial charge in [-0.2, -0.15) is 5.21 Å². The van der Waals surface area contributed by atoms with E-state index in [0.29, 0.717) is 18.8 Å². The van der Waals surface area contributed by atoms with Crippen LogP contribution >= 0.6 is 0 Å². The van der Waals surface area contributed by atoms with E-state index < -0.39 is 12.0 Å². The maximum atomic E-state index is 11.7. The number of aryl methyl sites for hydroxylation is 1. The molecule has 0 spiro atoms. The number of fused-ring (bicyclic) bond motifs is 1. The predicted octanol–water partition coefficient (Wildman–Crippen LogP) is 4.51. The Morgan fingerprint density at radius 1 is 1.14 bits per heavy atom. The molecule has 0 saturated carbocycles. The number of aliphatic carboxylic acids is 1. The Balaban J connectivity index is 1.52. The van der Waals surface area contributed by atoms with Crippen LogP contribution in [-0.2, 0) is 17.9 Å². The Labute approximate surface area is 204 Å². The molecule has 0 aliphatic carbocycles. The molecule has 2 N–H and O–H groups in total. The van der Waals surface area contributed by atoms with E-state index in [1.54, 1.807) is 0 Å². The monoisotopic (exact) mass is 473 g/mol. The maximum absolute atomic E-state index is 11.7. The van der Waals surface area contributed by atoms with Crippen molar-refractivity contribution in [2.75, 3.05) is 6.54 Å². The first-order valence-corrected chi connectivity index (χ1v) is 12.4. The number of carboxylic acid groups (broad SMARTS) is 1. The van der Waals surface area contributed by atoms with Gasteiger partial charge in [0.2, 0.25) is 5.82 Å². The Morgan fingerprint density at radius 2 is 2.00 bits per heavy atom. The van der Waals surface area contributed by atoms with Gasteiger partial charge in [0.15, 0.2) is 0 Å². The average Bonchev–Trinajstić information content (AvgIpc) is 3.62. The largest absolute Gasteiger partial charge is 0.480 e. The molecule has 1 saturated heterocycles. The van der Waals surface area contributed by atoms with Gasteiger partial charge >= 0.3 is 5.97 Å². The van der Waals surface area contributed by atoms with Crippen molar-refractivity contribution in [1.29, 1.82) is 0 Å². The van der Waals surface area contributed by atoms with Gasteiger partial charge in [-0.3, -0.25) is 9.69 Å². The highest BCUT2D eigenvalue weighted by molar-refractivity contribution is 5.87. The van der Waals surface area contributed by atoms with Gasteiger partial charge in [-0.05, 0) is 54.3 Å². The molecular formula is C26H31N7O2. The van der Waals surface area contributed by atoms with Crippen molar-refractivity contribution in [3.05, 3.63) is 48.3 Å². The zero-order valence-electron chi connectivity index (χ0n) is 20.0. The highest BCUT2D eigenvalue weighted by atomic mass is 16.4. The number of carboxylic acids is 1. The summed E-state index contributed by atoms with van der Waals surface area (Å²) in [5, 5.41) is 24.2. The second-order valence-corrected chi connectivity index (χ2v) is 9.19. The van der Waals surface area contributed by atoms with Crippen LogP contribution < -0.4 is 0 Å². The minimum Gasteiger partial charge on any atom is -0.480 e. The summed E-state index contributed by atoms with van der Waals surface area (Å²) < 4.78 is 2.29. The second-order valence-electron chi connectivity index (χ2n) is 9.19. The summed E-state index contributed by atoms with van der Waals surface area (Å²) in [5.41, 5.74) is 4.96. The number of tetrazole rings is 1. The maximum Gasteiger partial charge on any atom is 0.320 e. The third-order valence-corrected chi connectivity index (χ3v) is 6.88. The van der Waals surface area contributed by atoms with Crippen molar-refractivity contribution in [2.45, 2.75) is 64.6 Å². The summed E-state index contributed by atoms with van der Waals surface area (Å²) in [6.45, 7) is 4.44. The van der Waals surface area contributed by atoms with Gasteiger partial charge in [0, 0.05) is 12.1 Å². The van der Waals surface area contributed by atoms with E-state index in [0.717, 1.165) is 59.5 Å².